The molecule has 0 saturated heterocycles. The van der Waals surface area contributed by atoms with E-state index < -0.39 is 0 Å². The minimum atomic E-state index is -0.316. The van der Waals surface area contributed by atoms with Gasteiger partial charge in [0.25, 0.3) is 0 Å². The first-order valence-corrected chi connectivity index (χ1v) is 6.25. The zero-order chi connectivity index (χ0) is 12.3. The van der Waals surface area contributed by atoms with Crippen LogP contribution in [0.5, 0.6) is 0 Å². The van der Waals surface area contributed by atoms with Gasteiger partial charge >= 0.3 is 0 Å². The van der Waals surface area contributed by atoms with Gasteiger partial charge in [0.1, 0.15) is 5.82 Å². The molecular weight excluding hydrogens is 305 g/mol. The summed E-state index contributed by atoms with van der Waals surface area (Å²) in [6.07, 6.45) is 0. The molecule has 0 spiro atoms. The van der Waals surface area contributed by atoms with Crippen LogP contribution >= 0.6 is 27.5 Å². The van der Waals surface area contributed by atoms with Gasteiger partial charge in [0.15, 0.2) is 0 Å². The highest BCUT2D eigenvalue weighted by molar-refractivity contribution is 9.10. The SMILES string of the molecule is Fc1cc(Cl)cc(CNc2cccc(Br)c2)c1. The number of benzene rings is 2. The minimum Gasteiger partial charge on any atom is -0.381 e. The van der Waals surface area contributed by atoms with E-state index in [1.54, 1.807) is 6.07 Å². The summed E-state index contributed by atoms with van der Waals surface area (Å²) in [4.78, 5) is 0. The van der Waals surface area contributed by atoms with E-state index in [9.17, 15) is 4.39 Å². The van der Waals surface area contributed by atoms with Crippen LogP contribution in [0.2, 0.25) is 5.02 Å². The van der Waals surface area contributed by atoms with E-state index >= 15 is 0 Å². The smallest absolute Gasteiger partial charge is 0.125 e. The number of halogens is 3. The fourth-order valence-electron chi connectivity index (χ4n) is 1.52. The Hall–Kier alpha value is -1.06. The zero-order valence-corrected chi connectivity index (χ0v) is 11.2. The Bertz CT molecular complexity index is 510. The third-order valence-corrected chi connectivity index (χ3v) is 2.96. The Morgan fingerprint density at radius 3 is 2.71 bits per heavy atom. The Morgan fingerprint density at radius 1 is 1.18 bits per heavy atom. The van der Waals surface area contributed by atoms with Gasteiger partial charge in [-0.2, -0.15) is 0 Å². The van der Waals surface area contributed by atoms with Gasteiger partial charge in [0.2, 0.25) is 0 Å². The molecular formula is C13H10BrClFN. The predicted octanol–water partition coefficient (Wildman–Crippen LogP) is 4.85. The number of hydrogen-bond donors (Lipinski definition) is 1. The van der Waals surface area contributed by atoms with Gasteiger partial charge in [-0.15, -0.1) is 0 Å². The van der Waals surface area contributed by atoms with E-state index in [1.165, 1.54) is 12.1 Å². The van der Waals surface area contributed by atoms with Gasteiger partial charge in [0, 0.05) is 21.7 Å². The molecule has 88 valence electrons. The maximum Gasteiger partial charge on any atom is 0.125 e. The van der Waals surface area contributed by atoms with Gasteiger partial charge < -0.3 is 5.32 Å². The summed E-state index contributed by atoms with van der Waals surface area (Å²) in [5.41, 5.74) is 1.79. The third-order valence-electron chi connectivity index (χ3n) is 2.24. The summed E-state index contributed by atoms with van der Waals surface area (Å²) in [5, 5.41) is 3.61. The molecule has 0 saturated carbocycles. The van der Waals surface area contributed by atoms with Crippen LogP contribution in [0.3, 0.4) is 0 Å². The lowest BCUT2D eigenvalue weighted by atomic mass is 10.2. The normalized spacial score (nSPS) is 10.3. The molecule has 4 heteroatoms. The summed E-state index contributed by atoms with van der Waals surface area (Å²) >= 11 is 9.17. The maximum atomic E-state index is 13.1. The molecule has 1 N–H and O–H groups in total. The van der Waals surface area contributed by atoms with E-state index in [0.29, 0.717) is 11.6 Å². The van der Waals surface area contributed by atoms with Crippen molar-refractivity contribution in [1.29, 1.82) is 0 Å². The van der Waals surface area contributed by atoms with E-state index in [1.807, 2.05) is 24.3 Å². The van der Waals surface area contributed by atoms with Crippen molar-refractivity contribution in [2.45, 2.75) is 6.54 Å². The lowest BCUT2D eigenvalue weighted by Gasteiger charge is -2.07. The molecule has 0 atom stereocenters. The van der Waals surface area contributed by atoms with Crippen molar-refractivity contribution in [2.75, 3.05) is 5.32 Å². The van der Waals surface area contributed by atoms with Crippen LogP contribution in [0.1, 0.15) is 5.56 Å². The Morgan fingerprint density at radius 2 is 2.00 bits per heavy atom. The van der Waals surface area contributed by atoms with E-state index in [0.717, 1.165) is 15.7 Å². The summed E-state index contributed by atoms with van der Waals surface area (Å²) in [7, 11) is 0. The lowest BCUT2D eigenvalue weighted by molar-refractivity contribution is 0.626. The Labute approximate surface area is 113 Å². The van der Waals surface area contributed by atoms with Crippen molar-refractivity contribution in [3.05, 3.63) is 63.3 Å². The average molecular weight is 315 g/mol. The number of anilines is 1. The minimum absolute atomic E-state index is 0.316. The second-order valence-electron chi connectivity index (χ2n) is 3.64. The van der Waals surface area contributed by atoms with E-state index in [4.69, 9.17) is 11.6 Å². The average Bonchev–Trinajstić information content (AvgIpc) is 2.25. The lowest BCUT2D eigenvalue weighted by Crippen LogP contribution is -1.99. The van der Waals surface area contributed by atoms with Gasteiger partial charge in [-0.25, -0.2) is 4.39 Å². The second-order valence-corrected chi connectivity index (χ2v) is 4.99. The molecule has 0 bridgehead atoms. The van der Waals surface area contributed by atoms with Crippen LogP contribution in [0.15, 0.2) is 46.9 Å². The summed E-state index contributed by atoms with van der Waals surface area (Å²) < 4.78 is 14.1. The summed E-state index contributed by atoms with van der Waals surface area (Å²) in [6.45, 7) is 0.536. The molecule has 17 heavy (non-hydrogen) atoms. The number of rotatable bonds is 3. The molecule has 0 radical (unpaired) electrons. The second kappa shape index (κ2) is 5.52. The quantitative estimate of drug-likeness (QED) is 0.853. The summed E-state index contributed by atoms with van der Waals surface area (Å²) in [6, 6.07) is 12.3. The van der Waals surface area contributed by atoms with Crippen LogP contribution in [0, 0.1) is 5.82 Å². The van der Waals surface area contributed by atoms with E-state index in [-0.39, 0.29) is 5.82 Å². The topological polar surface area (TPSA) is 12.0 Å². The van der Waals surface area contributed by atoms with Crippen molar-refractivity contribution in [2.24, 2.45) is 0 Å². The zero-order valence-electron chi connectivity index (χ0n) is 8.88. The van der Waals surface area contributed by atoms with Crippen LogP contribution in [0.4, 0.5) is 10.1 Å². The van der Waals surface area contributed by atoms with Gasteiger partial charge in [-0.05, 0) is 42.0 Å². The standard InChI is InChI=1S/C13H10BrClFN/c14-10-2-1-3-13(6-10)17-8-9-4-11(15)7-12(16)5-9/h1-7,17H,8H2. The van der Waals surface area contributed by atoms with Crippen LogP contribution in [-0.2, 0) is 6.54 Å². The molecule has 0 unspecified atom stereocenters. The molecule has 1 nitrogen and oxygen atoms in total. The van der Waals surface area contributed by atoms with Crippen molar-refractivity contribution < 1.29 is 4.39 Å². The maximum absolute atomic E-state index is 13.1. The first-order chi connectivity index (χ1) is 8.13. The van der Waals surface area contributed by atoms with Gasteiger partial charge in [-0.3, -0.25) is 0 Å². The molecule has 2 aromatic carbocycles. The van der Waals surface area contributed by atoms with Crippen LogP contribution in [0.25, 0.3) is 0 Å². The first-order valence-electron chi connectivity index (χ1n) is 5.08. The molecule has 2 aromatic rings. The highest BCUT2D eigenvalue weighted by Crippen LogP contribution is 2.18. The molecule has 0 aliphatic carbocycles. The van der Waals surface area contributed by atoms with Crippen molar-refractivity contribution in [3.63, 3.8) is 0 Å². The van der Waals surface area contributed by atoms with Crippen molar-refractivity contribution in [1.82, 2.24) is 0 Å². The Kier molecular flexibility index (Phi) is 4.02. The molecule has 0 fully saturated rings. The highest BCUT2D eigenvalue weighted by Gasteiger charge is 1.99. The van der Waals surface area contributed by atoms with Gasteiger partial charge in [-0.1, -0.05) is 33.6 Å². The molecule has 0 heterocycles. The van der Waals surface area contributed by atoms with Crippen molar-refractivity contribution in [3.8, 4) is 0 Å². The fourth-order valence-corrected chi connectivity index (χ4v) is 2.16. The number of nitrogens with one attached hydrogen (secondary N) is 1. The fraction of sp³-hybridized carbons (Fsp3) is 0.0769. The largest absolute Gasteiger partial charge is 0.381 e. The molecule has 2 rings (SSSR count). The first kappa shape index (κ1) is 12.4. The van der Waals surface area contributed by atoms with Crippen LogP contribution < -0.4 is 5.32 Å². The third kappa shape index (κ3) is 3.72. The molecule has 0 aliphatic rings. The van der Waals surface area contributed by atoms with Crippen LogP contribution in [-0.4, -0.2) is 0 Å². The highest BCUT2D eigenvalue weighted by atomic mass is 79.9. The van der Waals surface area contributed by atoms with Gasteiger partial charge in [0.05, 0.1) is 0 Å². The van der Waals surface area contributed by atoms with E-state index in [2.05, 4.69) is 21.2 Å². The number of hydrogen-bond acceptors (Lipinski definition) is 1. The Balaban J connectivity index is 2.07. The molecule has 0 aromatic heterocycles. The van der Waals surface area contributed by atoms with Crippen molar-refractivity contribution >= 4 is 33.2 Å². The predicted molar refractivity (Wildman–Crippen MR) is 72.9 cm³/mol. The monoisotopic (exact) mass is 313 g/mol. The molecule has 0 amide bonds. The summed E-state index contributed by atoms with van der Waals surface area (Å²) in [5.74, 6) is -0.316. The molecule has 0 aliphatic heterocycles.